The maximum atomic E-state index is 12.1. The highest BCUT2D eigenvalue weighted by atomic mass is 32.2. The fourth-order valence-electron chi connectivity index (χ4n) is 3.78. The first-order chi connectivity index (χ1) is 14.8. The predicted molar refractivity (Wildman–Crippen MR) is 125 cm³/mol. The minimum atomic E-state index is -4.40. The van der Waals surface area contributed by atoms with E-state index in [1.165, 1.54) is 31.4 Å². The lowest BCUT2D eigenvalue weighted by Crippen LogP contribution is -2.34. The summed E-state index contributed by atoms with van der Waals surface area (Å²) in [6.45, 7) is 4.32. The van der Waals surface area contributed by atoms with Crippen LogP contribution >= 0.6 is 0 Å². The number of phenolic OH excluding ortho intramolecular Hbond substituents is 1. The molecule has 6 nitrogen and oxygen atoms in total. The van der Waals surface area contributed by atoms with Crippen LogP contribution in [0.25, 0.3) is 0 Å². The van der Waals surface area contributed by atoms with Crippen LogP contribution in [0.5, 0.6) is 5.75 Å². The second-order valence-electron chi connectivity index (χ2n) is 8.38. The Hall–Kier alpha value is -1.60. The maximum absolute atomic E-state index is 12.1. The molecule has 1 unspecified atom stereocenters. The molecule has 0 aliphatic carbocycles. The second-order valence-corrected chi connectivity index (χ2v) is 9.77. The highest BCUT2D eigenvalue weighted by Crippen LogP contribution is 2.28. The summed E-state index contributed by atoms with van der Waals surface area (Å²) < 4.78 is 31.6. The van der Waals surface area contributed by atoms with Crippen molar-refractivity contribution in [2.45, 2.75) is 115 Å². The minimum absolute atomic E-state index is 0.176. The Bertz CT molecular complexity index is 748. The standard InChI is InChI=1S/C24H41NO5S/c1-3-5-11-17-21(4-2)25-23(26)19-13-10-8-6-7-9-12-15-20-16-14-18-22(24(20)27)31(28,29)30/h14,16,18,21,27H,3-13,15,17,19H2,1-2H3,(H,25,26)(H,28,29,30). The zero-order valence-corrected chi connectivity index (χ0v) is 20.1. The van der Waals surface area contributed by atoms with Crippen LogP contribution < -0.4 is 5.32 Å². The van der Waals surface area contributed by atoms with E-state index in [9.17, 15) is 18.3 Å². The first kappa shape index (κ1) is 27.4. The number of hydrogen-bond acceptors (Lipinski definition) is 4. The molecule has 0 heterocycles. The van der Waals surface area contributed by atoms with E-state index in [2.05, 4.69) is 19.2 Å². The molecule has 0 bridgehead atoms. The van der Waals surface area contributed by atoms with Gasteiger partial charge >= 0.3 is 0 Å². The van der Waals surface area contributed by atoms with Gasteiger partial charge in [-0.15, -0.1) is 0 Å². The molecule has 0 aromatic heterocycles. The van der Waals surface area contributed by atoms with Crippen molar-refractivity contribution >= 4 is 16.0 Å². The topological polar surface area (TPSA) is 104 Å². The number of aryl methyl sites for hydroxylation is 1. The summed E-state index contributed by atoms with van der Waals surface area (Å²) in [6.07, 6.45) is 14.0. The van der Waals surface area contributed by atoms with Crippen LogP contribution in [0.15, 0.2) is 23.1 Å². The van der Waals surface area contributed by atoms with Crippen molar-refractivity contribution in [3.8, 4) is 5.75 Å². The number of amides is 1. The Kier molecular flexibility index (Phi) is 13.5. The number of carbonyl (C=O) groups excluding carboxylic acids is 1. The molecule has 1 aromatic rings. The lowest BCUT2D eigenvalue weighted by Gasteiger charge is -2.16. The number of unbranched alkanes of at least 4 members (excludes halogenated alkanes) is 8. The Morgan fingerprint density at radius 3 is 2.23 bits per heavy atom. The summed E-state index contributed by atoms with van der Waals surface area (Å²) in [5.41, 5.74) is 0.543. The summed E-state index contributed by atoms with van der Waals surface area (Å²) in [4.78, 5) is 11.7. The molecule has 1 aromatic carbocycles. The van der Waals surface area contributed by atoms with Gasteiger partial charge in [-0.2, -0.15) is 8.42 Å². The highest BCUT2D eigenvalue weighted by molar-refractivity contribution is 7.86. The molecule has 0 radical (unpaired) electrons. The second kappa shape index (κ2) is 15.2. The van der Waals surface area contributed by atoms with Gasteiger partial charge in [-0.3, -0.25) is 9.35 Å². The first-order valence-electron chi connectivity index (χ1n) is 11.9. The average molecular weight is 456 g/mol. The Morgan fingerprint density at radius 1 is 0.968 bits per heavy atom. The summed E-state index contributed by atoms with van der Waals surface area (Å²) in [6, 6.07) is 4.73. The van der Waals surface area contributed by atoms with Crippen LogP contribution in [0.3, 0.4) is 0 Å². The Morgan fingerprint density at radius 2 is 1.61 bits per heavy atom. The number of hydrogen-bond donors (Lipinski definition) is 3. The van der Waals surface area contributed by atoms with E-state index in [0.717, 1.165) is 57.8 Å². The van der Waals surface area contributed by atoms with E-state index in [0.29, 0.717) is 24.4 Å². The normalized spacial score (nSPS) is 12.6. The molecule has 1 rings (SSSR count). The van der Waals surface area contributed by atoms with Crippen molar-refractivity contribution < 1.29 is 22.9 Å². The van der Waals surface area contributed by atoms with Gasteiger partial charge < -0.3 is 10.4 Å². The van der Waals surface area contributed by atoms with Crippen molar-refractivity contribution in [1.82, 2.24) is 5.32 Å². The lowest BCUT2D eigenvalue weighted by molar-refractivity contribution is -0.122. The number of benzene rings is 1. The molecule has 0 saturated heterocycles. The van der Waals surface area contributed by atoms with Crippen molar-refractivity contribution in [3.63, 3.8) is 0 Å². The van der Waals surface area contributed by atoms with E-state index < -0.39 is 15.0 Å². The van der Waals surface area contributed by atoms with E-state index in [1.54, 1.807) is 6.07 Å². The molecule has 178 valence electrons. The third kappa shape index (κ3) is 11.5. The van der Waals surface area contributed by atoms with Gasteiger partial charge in [-0.25, -0.2) is 0 Å². The van der Waals surface area contributed by atoms with Crippen LogP contribution in [0.4, 0.5) is 0 Å². The number of nitrogens with one attached hydrogen (secondary N) is 1. The molecule has 1 atom stereocenters. The largest absolute Gasteiger partial charge is 0.506 e. The van der Waals surface area contributed by atoms with Crippen molar-refractivity contribution in [2.75, 3.05) is 0 Å². The number of phenols is 1. The summed E-state index contributed by atoms with van der Waals surface area (Å²) in [5, 5.41) is 13.2. The zero-order chi connectivity index (χ0) is 23.1. The van der Waals surface area contributed by atoms with Gasteiger partial charge in [0.25, 0.3) is 10.1 Å². The molecule has 7 heteroatoms. The number of para-hydroxylation sites is 1. The molecule has 0 saturated carbocycles. The Labute approximate surface area is 188 Å². The van der Waals surface area contributed by atoms with E-state index >= 15 is 0 Å². The van der Waals surface area contributed by atoms with Crippen LogP contribution in [-0.2, 0) is 21.3 Å². The summed E-state index contributed by atoms with van der Waals surface area (Å²) >= 11 is 0. The van der Waals surface area contributed by atoms with E-state index in [4.69, 9.17) is 4.55 Å². The number of carbonyl (C=O) groups is 1. The monoisotopic (exact) mass is 455 g/mol. The molecule has 3 N–H and O–H groups in total. The van der Waals surface area contributed by atoms with Crippen molar-refractivity contribution in [1.29, 1.82) is 0 Å². The van der Waals surface area contributed by atoms with Crippen molar-refractivity contribution in [3.05, 3.63) is 23.8 Å². The fourth-order valence-corrected chi connectivity index (χ4v) is 4.41. The minimum Gasteiger partial charge on any atom is -0.506 e. The average Bonchev–Trinajstić information content (AvgIpc) is 2.72. The van der Waals surface area contributed by atoms with Crippen molar-refractivity contribution in [2.24, 2.45) is 0 Å². The van der Waals surface area contributed by atoms with Crippen LogP contribution in [0.1, 0.15) is 103 Å². The fraction of sp³-hybridized carbons (Fsp3) is 0.708. The molecular formula is C24H41NO5S. The molecular weight excluding hydrogens is 414 g/mol. The SMILES string of the molecule is CCCCCC(CC)NC(=O)CCCCCCCCCc1cccc(S(=O)(=O)O)c1O. The summed E-state index contributed by atoms with van der Waals surface area (Å²) in [5.74, 6) is -0.172. The van der Waals surface area contributed by atoms with Gasteiger partial charge in [0.05, 0.1) is 0 Å². The van der Waals surface area contributed by atoms with E-state index in [1.807, 2.05) is 0 Å². The molecule has 0 spiro atoms. The molecule has 31 heavy (non-hydrogen) atoms. The highest BCUT2D eigenvalue weighted by Gasteiger charge is 2.17. The van der Waals surface area contributed by atoms with Crippen LogP contribution in [0.2, 0.25) is 0 Å². The maximum Gasteiger partial charge on any atom is 0.298 e. The molecule has 1 amide bonds. The summed E-state index contributed by atoms with van der Waals surface area (Å²) in [7, 11) is -4.40. The Balaban J connectivity index is 2.11. The quantitative estimate of drug-likeness (QED) is 0.204. The van der Waals surface area contributed by atoms with Gasteiger partial charge in [0.2, 0.25) is 5.91 Å². The van der Waals surface area contributed by atoms with Gasteiger partial charge in [-0.1, -0.05) is 77.3 Å². The van der Waals surface area contributed by atoms with Gasteiger partial charge in [0.1, 0.15) is 10.6 Å². The van der Waals surface area contributed by atoms with Crippen LogP contribution in [-0.4, -0.2) is 30.0 Å². The third-order valence-electron chi connectivity index (χ3n) is 5.72. The molecule has 0 aliphatic rings. The van der Waals surface area contributed by atoms with Crippen LogP contribution in [0, 0.1) is 0 Å². The lowest BCUT2D eigenvalue weighted by atomic mass is 10.0. The smallest absolute Gasteiger partial charge is 0.298 e. The third-order valence-corrected chi connectivity index (χ3v) is 6.61. The zero-order valence-electron chi connectivity index (χ0n) is 19.2. The number of aromatic hydroxyl groups is 1. The van der Waals surface area contributed by atoms with Gasteiger partial charge in [-0.05, 0) is 43.7 Å². The molecule has 0 fully saturated rings. The van der Waals surface area contributed by atoms with Gasteiger partial charge in [0, 0.05) is 12.5 Å². The number of rotatable bonds is 17. The van der Waals surface area contributed by atoms with E-state index in [-0.39, 0.29) is 11.7 Å². The van der Waals surface area contributed by atoms with Gasteiger partial charge in [0.15, 0.2) is 0 Å². The molecule has 0 aliphatic heterocycles. The predicted octanol–water partition coefficient (Wildman–Crippen LogP) is 5.78. The first-order valence-corrected chi connectivity index (χ1v) is 13.3.